The Morgan fingerprint density at radius 3 is 2.95 bits per heavy atom. The summed E-state index contributed by atoms with van der Waals surface area (Å²) in [6, 6.07) is 7.49. The molecule has 0 aromatic heterocycles. The summed E-state index contributed by atoms with van der Waals surface area (Å²) in [6.45, 7) is 3.05. The molecule has 1 fully saturated rings. The van der Waals surface area contributed by atoms with Gasteiger partial charge in [-0.25, -0.2) is 0 Å². The van der Waals surface area contributed by atoms with E-state index < -0.39 is 11.5 Å². The average molecular weight is 274 g/mol. The minimum Gasteiger partial charge on any atom is -0.495 e. The van der Waals surface area contributed by atoms with Gasteiger partial charge in [-0.2, -0.15) is 5.26 Å². The molecule has 0 bridgehead atoms. The number of rotatable bonds is 4. The Bertz CT molecular complexity index is 565. The van der Waals surface area contributed by atoms with Gasteiger partial charge in [0.15, 0.2) is 0 Å². The van der Waals surface area contributed by atoms with Crippen molar-refractivity contribution in [2.75, 3.05) is 13.7 Å². The number of aliphatic carboxylic acids is 1. The highest BCUT2D eigenvalue weighted by Gasteiger charge is 2.43. The molecule has 5 heteroatoms. The van der Waals surface area contributed by atoms with Crippen LogP contribution in [0.25, 0.3) is 0 Å². The largest absolute Gasteiger partial charge is 0.495 e. The van der Waals surface area contributed by atoms with Crippen molar-refractivity contribution < 1.29 is 14.6 Å². The van der Waals surface area contributed by atoms with Crippen molar-refractivity contribution in [2.24, 2.45) is 0 Å². The fourth-order valence-electron chi connectivity index (χ4n) is 2.68. The summed E-state index contributed by atoms with van der Waals surface area (Å²) in [5.74, 6) is -0.248. The summed E-state index contributed by atoms with van der Waals surface area (Å²) in [5.41, 5.74) is 0.588. The van der Waals surface area contributed by atoms with E-state index in [1.807, 2.05) is 11.0 Å². The van der Waals surface area contributed by atoms with Gasteiger partial charge in [-0.05, 0) is 44.0 Å². The van der Waals surface area contributed by atoms with Crippen molar-refractivity contribution >= 4 is 5.97 Å². The lowest BCUT2D eigenvalue weighted by atomic mass is 9.98. The first-order valence-corrected chi connectivity index (χ1v) is 6.56. The van der Waals surface area contributed by atoms with Crippen LogP contribution >= 0.6 is 0 Å². The molecule has 0 radical (unpaired) electrons. The number of ether oxygens (including phenoxy) is 1. The molecule has 20 heavy (non-hydrogen) atoms. The van der Waals surface area contributed by atoms with Gasteiger partial charge in [0.1, 0.15) is 17.4 Å². The van der Waals surface area contributed by atoms with Gasteiger partial charge in [0.2, 0.25) is 0 Å². The van der Waals surface area contributed by atoms with E-state index in [0.717, 1.165) is 18.5 Å². The van der Waals surface area contributed by atoms with Crippen molar-refractivity contribution in [3.8, 4) is 11.8 Å². The smallest absolute Gasteiger partial charge is 0.323 e. The zero-order valence-corrected chi connectivity index (χ0v) is 11.7. The number of hydrogen-bond acceptors (Lipinski definition) is 4. The van der Waals surface area contributed by atoms with Crippen molar-refractivity contribution in [2.45, 2.75) is 31.8 Å². The maximum Gasteiger partial charge on any atom is 0.323 e. The summed E-state index contributed by atoms with van der Waals surface area (Å²) in [6.07, 6.45) is 1.54. The van der Waals surface area contributed by atoms with Crippen LogP contribution in [0.2, 0.25) is 0 Å². The quantitative estimate of drug-likeness (QED) is 0.909. The number of carboxylic acid groups (broad SMARTS) is 1. The number of nitriles is 1. The maximum absolute atomic E-state index is 11.4. The number of hydrogen-bond donors (Lipinski definition) is 1. The second-order valence-electron chi connectivity index (χ2n) is 5.25. The molecule has 0 spiro atoms. The zero-order chi connectivity index (χ0) is 14.8. The van der Waals surface area contributed by atoms with Crippen LogP contribution in [0.1, 0.15) is 30.9 Å². The molecule has 2 rings (SSSR count). The molecule has 1 aromatic carbocycles. The number of methoxy groups -OCH3 is 1. The lowest BCUT2D eigenvalue weighted by Gasteiger charge is -2.31. The van der Waals surface area contributed by atoms with E-state index >= 15 is 0 Å². The summed E-state index contributed by atoms with van der Waals surface area (Å²) < 4.78 is 5.11. The molecule has 1 heterocycles. The van der Waals surface area contributed by atoms with Gasteiger partial charge in [-0.15, -0.1) is 0 Å². The summed E-state index contributed by atoms with van der Waals surface area (Å²) in [5, 5.41) is 18.5. The van der Waals surface area contributed by atoms with E-state index in [4.69, 9.17) is 10.00 Å². The van der Waals surface area contributed by atoms with Gasteiger partial charge < -0.3 is 9.84 Å². The minimum atomic E-state index is -0.813. The number of nitrogens with zero attached hydrogens (tertiary/aromatic N) is 2. The molecule has 1 aromatic rings. The topological polar surface area (TPSA) is 73.6 Å². The van der Waals surface area contributed by atoms with Crippen LogP contribution in [0.4, 0.5) is 0 Å². The van der Waals surface area contributed by atoms with Gasteiger partial charge in [-0.1, -0.05) is 6.07 Å². The molecule has 1 atom stereocenters. The lowest BCUT2D eigenvalue weighted by molar-refractivity contribution is -0.148. The Labute approximate surface area is 118 Å². The average Bonchev–Trinajstić information content (AvgIpc) is 2.81. The van der Waals surface area contributed by atoms with E-state index in [9.17, 15) is 9.90 Å². The third-order valence-electron chi connectivity index (χ3n) is 4.01. The summed E-state index contributed by atoms with van der Waals surface area (Å²) in [7, 11) is 1.53. The molecular formula is C15H18N2O3. The molecule has 1 saturated heterocycles. The number of likely N-dealkylation sites (tertiary alicyclic amines) is 1. The molecule has 1 N–H and O–H groups in total. The van der Waals surface area contributed by atoms with Gasteiger partial charge in [0.05, 0.1) is 12.7 Å². The highest BCUT2D eigenvalue weighted by atomic mass is 16.5. The van der Waals surface area contributed by atoms with Crippen LogP contribution in [-0.4, -0.2) is 35.2 Å². The Morgan fingerprint density at radius 2 is 2.35 bits per heavy atom. The lowest BCUT2D eigenvalue weighted by Crippen LogP contribution is -2.47. The Morgan fingerprint density at radius 1 is 1.60 bits per heavy atom. The zero-order valence-electron chi connectivity index (χ0n) is 11.7. The van der Waals surface area contributed by atoms with Gasteiger partial charge in [0.25, 0.3) is 0 Å². The SMILES string of the molecule is COc1ccc(CN2CCCC2(C)C(=O)O)cc1C#N. The molecule has 1 unspecified atom stereocenters. The summed E-state index contributed by atoms with van der Waals surface area (Å²) in [4.78, 5) is 13.4. The second-order valence-corrected chi connectivity index (χ2v) is 5.25. The van der Waals surface area contributed by atoms with Crippen molar-refractivity contribution in [3.63, 3.8) is 0 Å². The van der Waals surface area contributed by atoms with Gasteiger partial charge in [-0.3, -0.25) is 9.69 Å². The third kappa shape index (κ3) is 2.47. The predicted molar refractivity (Wildman–Crippen MR) is 73.4 cm³/mol. The third-order valence-corrected chi connectivity index (χ3v) is 4.01. The van der Waals surface area contributed by atoms with Crippen molar-refractivity contribution in [3.05, 3.63) is 29.3 Å². The first-order valence-electron chi connectivity index (χ1n) is 6.56. The molecule has 0 aliphatic carbocycles. The van der Waals surface area contributed by atoms with E-state index in [2.05, 4.69) is 6.07 Å². The first-order chi connectivity index (χ1) is 9.51. The van der Waals surface area contributed by atoms with Crippen LogP contribution in [0.15, 0.2) is 18.2 Å². The Kier molecular flexibility index (Phi) is 3.96. The van der Waals surface area contributed by atoms with E-state index in [1.54, 1.807) is 19.1 Å². The standard InChI is InChI=1S/C15H18N2O3/c1-15(14(18)19)6-3-7-17(15)10-11-4-5-13(20-2)12(8-11)9-16/h4-5,8H,3,6-7,10H2,1-2H3,(H,18,19). The Balaban J connectivity index is 2.22. The maximum atomic E-state index is 11.4. The molecule has 0 amide bonds. The van der Waals surface area contributed by atoms with Crippen LogP contribution in [0.3, 0.4) is 0 Å². The first kappa shape index (κ1) is 14.4. The number of carboxylic acids is 1. The van der Waals surface area contributed by atoms with E-state index in [1.165, 1.54) is 7.11 Å². The van der Waals surface area contributed by atoms with Crippen molar-refractivity contribution in [1.29, 1.82) is 5.26 Å². The minimum absolute atomic E-state index is 0.473. The second kappa shape index (κ2) is 5.51. The molecule has 106 valence electrons. The molecule has 0 saturated carbocycles. The number of benzene rings is 1. The highest BCUT2D eigenvalue weighted by molar-refractivity contribution is 5.78. The van der Waals surface area contributed by atoms with Gasteiger partial charge in [0, 0.05) is 6.54 Å². The molecule has 1 aliphatic heterocycles. The predicted octanol–water partition coefficient (Wildman–Crippen LogP) is 2.01. The fraction of sp³-hybridized carbons (Fsp3) is 0.467. The molecular weight excluding hydrogens is 256 g/mol. The molecule has 5 nitrogen and oxygen atoms in total. The van der Waals surface area contributed by atoms with Crippen LogP contribution in [-0.2, 0) is 11.3 Å². The number of carbonyl (C=O) groups is 1. The highest BCUT2D eigenvalue weighted by Crippen LogP contribution is 2.31. The normalized spacial score (nSPS) is 22.4. The van der Waals surface area contributed by atoms with E-state index in [0.29, 0.717) is 24.3 Å². The molecule has 1 aliphatic rings. The van der Waals surface area contributed by atoms with Crippen molar-refractivity contribution in [1.82, 2.24) is 4.90 Å². The Hall–Kier alpha value is -2.06. The van der Waals surface area contributed by atoms with Gasteiger partial charge >= 0.3 is 5.97 Å². The fourth-order valence-corrected chi connectivity index (χ4v) is 2.68. The summed E-state index contributed by atoms with van der Waals surface area (Å²) >= 11 is 0. The van der Waals surface area contributed by atoms with E-state index in [-0.39, 0.29) is 0 Å². The van der Waals surface area contributed by atoms with Crippen LogP contribution in [0.5, 0.6) is 5.75 Å². The monoisotopic (exact) mass is 274 g/mol. The van der Waals surface area contributed by atoms with Crippen LogP contribution in [0, 0.1) is 11.3 Å². The van der Waals surface area contributed by atoms with Crippen LogP contribution < -0.4 is 4.74 Å².